The third-order valence-corrected chi connectivity index (χ3v) is 4.20. The van der Waals surface area contributed by atoms with Crippen LogP contribution < -0.4 is 5.32 Å². The molecule has 1 aromatic carbocycles. The number of carbonyl (C=O) groups excluding carboxylic acids is 2. The minimum atomic E-state index is -0.166. The number of nitrogens with one attached hydrogen (secondary N) is 1. The van der Waals surface area contributed by atoms with E-state index in [1.54, 1.807) is 7.05 Å². The molecule has 126 valence electrons. The number of rotatable bonds is 5. The lowest BCUT2D eigenvalue weighted by Gasteiger charge is -2.23. The maximum absolute atomic E-state index is 12.3. The molecule has 0 aliphatic carbocycles. The third kappa shape index (κ3) is 6.02. The summed E-state index contributed by atoms with van der Waals surface area (Å²) in [5.74, 6) is -0.161. The van der Waals surface area contributed by atoms with Crippen LogP contribution in [0.15, 0.2) is 24.3 Å². The number of aryl methyl sites for hydroxylation is 1. The maximum Gasteiger partial charge on any atom is 0.243 e. The average molecular weight is 317 g/mol. The van der Waals surface area contributed by atoms with Crippen molar-refractivity contribution in [2.75, 3.05) is 38.5 Å². The molecule has 1 aromatic rings. The van der Waals surface area contributed by atoms with Gasteiger partial charge in [-0.15, -0.1) is 0 Å². The Labute approximate surface area is 138 Å². The van der Waals surface area contributed by atoms with E-state index in [1.165, 1.54) is 17.7 Å². The van der Waals surface area contributed by atoms with Gasteiger partial charge in [0.05, 0.1) is 13.1 Å². The molecule has 0 radical (unpaired) electrons. The van der Waals surface area contributed by atoms with Crippen molar-refractivity contribution in [3.8, 4) is 0 Å². The number of likely N-dealkylation sites (tertiary alicyclic amines) is 1. The maximum atomic E-state index is 12.3. The summed E-state index contributed by atoms with van der Waals surface area (Å²) >= 11 is 0. The summed E-state index contributed by atoms with van der Waals surface area (Å²) in [6, 6.07) is 7.63. The van der Waals surface area contributed by atoms with Gasteiger partial charge in [-0.25, -0.2) is 0 Å². The van der Waals surface area contributed by atoms with Crippen LogP contribution in [-0.2, 0) is 9.59 Å². The molecule has 0 bridgehead atoms. The highest BCUT2D eigenvalue weighted by Gasteiger charge is 2.17. The van der Waals surface area contributed by atoms with Gasteiger partial charge in [0.15, 0.2) is 0 Å². The third-order valence-electron chi connectivity index (χ3n) is 4.20. The molecular weight excluding hydrogens is 290 g/mol. The Hall–Kier alpha value is -1.88. The van der Waals surface area contributed by atoms with Gasteiger partial charge in [0.25, 0.3) is 0 Å². The molecule has 1 saturated heterocycles. The van der Waals surface area contributed by atoms with Gasteiger partial charge in [-0.05, 0) is 45.0 Å². The Morgan fingerprint density at radius 1 is 1.09 bits per heavy atom. The van der Waals surface area contributed by atoms with Crippen molar-refractivity contribution in [3.63, 3.8) is 0 Å². The van der Waals surface area contributed by atoms with Gasteiger partial charge >= 0.3 is 0 Å². The zero-order valence-corrected chi connectivity index (χ0v) is 14.2. The number of anilines is 1. The van der Waals surface area contributed by atoms with Crippen LogP contribution in [0, 0.1) is 6.92 Å². The van der Waals surface area contributed by atoms with Crippen molar-refractivity contribution in [1.82, 2.24) is 9.80 Å². The van der Waals surface area contributed by atoms with Crippen LogP contribution in [-0.4, -0.2) is 54.8 Å². The van der Waals surface area contributed by atoms with E-state index < -0.39 is 0 Å². The highest BCUT2D eigenvalue weighted by molar-refractivity contribution is 5.94. The molecule has 0 spiro atoms. The van der Waals surface area contributed by atoms with E-state index in [-0.39, 0.29) is 18.4 Å². The van der Waals surface area contributed by atoms with Gasteiger partial charge in [0.2, 0.25) is 11.8 Å². The Morgan fingerprint density at radius 3 is 2.30 bits per heavy atom. The van der Waals surface area contributed by atoms with E-state index in [2.05, 4.69) is 10.2 Å². The summed E-state index contributed by atoms with van der Waals surface area (Å²) in [5, 5.41) is 2.82. The van der Waals surface area contributed by atoms with Gasteiger partial charge in [0.1, 0.15) is 0 Å². The zero-order chi connectivity index (χ0) is 16.7. The Kier molecular flexibility index (Phi) is 6.59. The molecule has 1 N–H and O–H groups in total. The standard InChI is InChI=1S/C18H27N3O2/c1-15-7-9-16(10-8-15)19-17(22)13-20(2)18(23)14-21-11-5-3-4-6-12-21/h7-10H,3-6,11-14H2,1-2H3,(H,19,22). The minimum absolute atomic E-state index is 0.00551. The number of amides is 2. The quantitative estimate of drug-likeness (QED) is 0.906. The second kappa shape index (κ2) is 8.67. The van der Waals surface area contributed by atoms with E-state index in [1.807, 2.05) is 31.2 Å². The van der Waals surface area contributed by atoms with Gasteiger partial charge in [-0.2, -0.15) is 0 Å². The van der Waals surface area contributed by atoms with E-state index in [4.69, 9.17) is 0 Å². The molecule has 5 nitrogen and oxygen atoms in total. The number of nitrogens with zero attached hydrogens (tertiary/aromatic N) is 2. The van der Waals surface area contributed by atoms with Crippen LogP contribution in [0.2, 0.25) is 0 Å². The first-order valence-corrected chi connectivity index (χ1v) is 8.37. The fourth-order valence-electron chi connectivity index (χ4n) is 2.75. The number of carbonyl (C=O) groups is 2. The second-order valence-corrected chi connectivity index (χ2v) is 6.35. The summed E-state index contributed by atoms with van der Waals surface area (Å²) in [4.78, 5) is 28.0. The van der Waals surface area contributed by atoms with Crippen molar-refractivity contribution in [3.05, 3.63) is 29.8 Å². The molecule has 5 heteroatoms. The Morgan fingerprint density at radius 2 is 1.70 bits per heavy atom. The topological polar surface area (TPSA) is 52.7 Å². The molecule has 2 amide bonds. The van der Waals surface area contributed by atoms with Gasteiger partial charge in [0, 0.05) is 12.7 Å². The van der Waals surface area contributed by atoms with E-state index in [0.29, 0.717) is 6.54 Å². The fourth-order valence-corrected chi connectivity index (χ4v) is 2.75. The van der Waals surface area contributed by atoms with Crippen molar-refractivity contribution >= 4 is 17.5 Å². The summed E-state index contributed by atoms with van der Waals surface area (Å²) in [7, 11) is 1.69. The van der Waals surface area contributed by atoms with Crippen molar-refractivity contribution in [2.24, 2.45) is 0 Å². The Balaban J connectivity index is 1.77. The number of hydrogen-bond acceptors (Lipinski definition) is 3. The summed E-state index contributed by atoms with van der Waals surface area (Å²) in [6.07, 6.45) is 4.81. The predicted molar refractivity (Wildman–Crippen MR) is 92.4 cm³/mol. The van der Waals surface area contributed by atoms with Gasteiger partial charge < -0.3 is 10.2 Å². The number of benzene rings is 1. The first-order valence-electron chi connectivity index (χ1n) is 8.37. The van der Waals surface area contributed by atoms with E-state index in [9.17, 15) is 9.59 Å². The molecule has 23 heavy (non-hydrogen) atoms. The van der Waals surface area contributed by atoms with E-state index >= 15 is 0 Å². The van der Waals surface area contributed by atoms with Gasteiger partial charge in [-0.1, -0.05) is 30.5 Å². The minimum Gasteiger partial charge on any atom is -0.335 e. The van der Waals surface area contributed by atoms with Crippen LogP contribution in [0.1, 0.15) is 31.2 Å². The molecule has 1 aliphatic heterocycles. The largest absolute Gasteiger partial charge is 0.335 e. The molecule has 0 atom stereocenters. The zero-order valence-electron chi connectivity index (χ0n) is 14.2. The molecule has 0 saturated carbocycles. The SMILES string of the molecule is Cc1ccc(NC(=O)CN(C)C(=O)CN2CCCCCC2)cc1. The lowest BCUT2D eigenvalue weighted by molar-refractivity contribution is -0.134. The first-order chi connectivity index (χ1) is 11.0. The Bertz CT molecular complexity index is 520. The van der Waals surface area contributed by atoms with Crippen LogP contribution >= 0.6 is 0 Å². The highest BCUT2D eigenvalue weighted by atomic mass is 16.2. The lowest BCUT2D eigenvalue weighted by Crippen LogP contribution is -2.42. The lowest BCUT2D eigenvalue weighted by atomic mass is 10.2. The van der Waals surface area contributed by atoms with Crippen LogP contribution in [0.3, 0.4) is 0 Å². The summed E-state index contributed by atoms with van der Waals surface area (Å²) in [6.45, 7) is 4.46. The van der Waals surface area contributed by atoms with Crippen molar-refractivity contribution in [2.45, 2.75) is 32.6 Å². The molecular formula is C18H27N3O2. The smallest absolute Gasteiger partial charge is 0.243 e. The molecule has 1 aliphatic rings. The fraction of sp³-hybridized carbons (Fsp3) is 0.556. The van der Waals surface area contributed by atoms with E-state index in [0.717, 1.165) is 37.2 Å². The molecule has 2 rings (SSSR count). The van der Waals surface area contributed by atoms with Crippen LogP contribution in [0.5, 0.6) is 0 Å². The monoisotopic (exact) mass is 317 g/mol. The summed E-state index contributed by atoms with van der Waals surface area (Å²) in [5.41, 5.74) is 1.90. The first kappa shape index (κ1) is 17.5. The number of likely N-dealkylation sites (N-methyl/N-ethyl adjacent to an activating group) is 1. The van der Waals surface area contributed by atoms with Crippen molar-refractivity contribution in [1.29, 1.82) is 0 Å². The van der Waals surface area contributed by atoms with Crippen LogP contribution in [0.25, 0.3) is 0 Å². The molecule has 0 aromatic heterocycles. The normalized spacial score (nSPS) is 15.7. The molecule has 1 fully saturated rings. The second-order valence-electron chi connectivity index (χ2n) is 6.35. The molecule has 0 unspecified atom stereocenters. The molecule has 1 heterocycles. The summed E-state index contributed by atoms with van der Waals surface area (Å²) < 4.78 is 0. The van der Waals surface area contributed by atoms with Gasteiger partial charge in [-0.3, -0.25) is 14.5 Å². The van der Waals surface area contributed by atoms with Crippen LogP contribution in [0.4, 0.5) is 5.69 Å². The predicted octanol–water partition coefficient (Wildman–Crippen LogP) is 2.27. The number of hydrogen-bond donors (Lipinski definition) is 1. The van der Waals surface area contributed by atoms with Crippen molar-refractivity contribution < 1.29 is 9.59 Å². The highest BCUT2D eigenvalue weighted by Crippen LogP contribution is 2.10. The average Bonchev–Trinajstić information content (AvgIpc) is 2.78.